The molecule has 4 rings (SSSR count). The molecule has 2 heterocycles. The summed E-state index contributed by atoms with van der Waals surface area (Å²) in [6.45, 7) is 7.03. The molecule has 0 aromatic heterocycles. The Morgan fingerprint density at radius 2 is 1.65 bits per heavy atom. The standard InChI is InChI=1S/C25H30F2N2O2/c1-19(18-28-13-15-31-16-14-28)25(20-7-9-22(26)10-8-20,21-5-4-6-23(27)17-21)24(30)29-11-2-3-12-29/h4-10,17,19H,2-3,11-16,18H2,1H3/t19-,25?/m1/s1/i26-1,27-1. The summed E-state index contributed by atoms with van der Waals surface area (Å²) in [5, 5.41) is 0. The first-order valence-electron chi connectivity index (χ1n) is 11.1. The molecule has 0 radical (unpaired) electrons. The average Bonchev–Trinajstić information content (AvgIpc) is 3.31. The van der Waals surface area contributed by atoms with Crippen LogP contribution in [0.1, 0.15) is 30.9 Å². The van der Waals surface area contributed by atoms with E-state index in [0.717, 1.165) is 25.9 Å². The van der Waals surface area contributed by atoms with Gasteiger partial charge in [-0.15, -0.1) is 0 Å². The zero-order valence-electron chi connectivity index (χ0n) is 18.0. The molecule has 0 N–H and O–H groups in total. The summed E-state index contributed by atoms with van der Waals surface area (Å²) in [7, 11) is 0. The van der Waals surface area contributed by atoms with Crippen molar-refractivity contribution in [3.63, 3.8) is 0 Å². The second-order valence-electron chi connectivity index (χ2n) is 8.64. The molecule has 2 aromatic carbocycles. The summed E-state index contributed by atoms with van der Waals surface area (Å²) in [5.41, 5.74) is 0.229. The van der Waals surface area contributed by atoms with E-state index in [-0.39, 0.29) is 23.5 Å². The Morgan fingerprint density at radius 3 is 2.29 bits per heavy atom. The van der Waals surface area contributed by atoms with Crippen molar-refractivity contribution in [3.8, 4) is 0 Å². The van der Waals surface area contributed by atoms with Gasteiger partial charge in [0.25, 0.3) is 0 Å². The highest BCUT2D eigenvalue weighted by atomic mass is 18.2. The van der Waals surface area contributed by atoms with Gasteiger partial charge < -0.3 is 9.64 Å². The van der Waals surface area contributed by atoms with E-state index >= 15 is 0 Å². The lowest BCUT2D eigenvalue weighted by Gasteiger charge is -2.43. The number of nitrogens with zero attached hydrogens (tertiary/aromatic N) is 2. The fourth-order valence-electron chi connectivity index (χ4n) is 5.12. The number of halogens is 2. The third kappa shape index (κ3) is 4.37. The molecule has 2 aliphatic heterocycles. The molecule has 4 nitrogen and oxygen atoms in total. The molecule has 31 heavy (non-hydrogen) atoms. The highest BCUT2D eigenvalue weighted by molar-refractivity contribution is 5.93. The van der Waals surface area contributed by atoms with E-state index < -0.39 is 5.41 Å². The van der Waals surface area contributed by atoms with Crippen LogP contribution in [-0.2, 0) is 14.9 Å². The molecule has 2 aromatic rings. The first-order chi connectivity index (χ1) is 15.0. The predicted octanol–water partition coefficient (Wildman–Crippen LogP) is 3.84. The maximum absolute atomic E-state index is 14.4. The van der Waals surface area contributed by atoms with Crippen LogP contribution < -0.4 is 0 Å². The van der Waals surface area contributed by atoms with Gasteiger partial charge in [-0.25, -0.2) is 8.78 Å². The van der Waals surface area contributed by atoms with Crippen molar-refractivity contribution in [2.75, 3.05) is 45.9 Å². The fraction of sp³-hybridized carbons (Fsp3) is 0.480. The molecule has 2 aliphatic rings. The summed E-state index contributed by atoms with van der Waals surface area (Å²) in [5.74, 6) is -0.919. The number of ether oxygens (including phenoxy) is 1. The zero-order valence-corrected chi connectivity index (χ0v) is 18.0. The van der Waals surface area contributed by atoms with Crippen LogP contribution in [0.5, 0.6) is 0 Å². The molecule has 0 bridgehead atoms. The maximum atomic E-state index is 14.4. The highest BCUT2D eigenvalue weighted by Gasteiger charge is 2.49. The topological polar surface area (TPSA) is 32.8 Å². The predicted molar refractivity (Wildman–Crippen MR) is 116 cm³/mol. The van der Waals surface area contributed by atoms with E-state index in [0.29, 0.717) is 44.0 Å². The number of amides is 1. The lowest BCUT2D eigenvalue weighted by molar-refractivity contribution is -0.137. The van der Waals surface area contributed by atoms with E-state index in [1.54, 1.807) is 18.2 Å². The number of morpholine rings is 1. The molecule has 166 valence electrons. The van der Waals surface area contributed by atoms with Crippen LogP contribution in [0.4, 0.5) is 8.78 Å². The Balaban J connectivity index is 1.86. The first kappa shape index (κ1) is 21.9. The number of carbonyl (C=O) groups is 1. The third-order valence-electron chi connectivity index (χ3n) is 6.69. The van der Waals surface area contributed by atoms with Gasteiger partial charge in [-0.3, -0.25) is 9.69 Å². The lowest BCUT2D eigenvalue weighted by atomic mass is 9.65. The van der Waals surface area contributed by atoms with E-state index in [2.05, 4.69) is 11.8 Å². The van der Waals surface area contributed by atoms with Crippen LogP contribution in [0.2, 0.25) is 0 Å². The summed E-state index contributed by atoms with van der Waals surface area (Å²) in [6, 6.07) is 12.5. The average molecular weight is 427 g/mol. The molecule has 1 unspecified atom stereocenters. The number of hydrogen-bond donors (Lipinski definition) is 0. The SMILES string of the molecule is C[C@H](CN1CCOCC1)C(C(=O)N1CCCC1)(c1ccc([18F])cc1)c1cccc([18F])c1. The van der Waals surface area contributed by atoms with Gasteiger partial charge in [0.2, 0.25) is 5.91 Å². The van der Waals surface area contributed by atoms with Crippen molar-refractivity contribution in [2.24, 2.45) is 5.92 Å². The maximum Gasteiger partial charge on any atom is 0.238 e. The molecule has 0 saturated carbocycles. The van der Waals surface area contributed by atoms with Gasteiger partial charge in [-0.1, -0.05) is 31.2 Å². The summed E-state index contributed by atoms with van der Waals surface area (Å²) in [4.78, 5) is 18.4. The van der Waals surface area contributed by atoms with Crippen LogP contribution in [0.3, 0.4) is 0 Å². The van der Waals surface area contributed by atoms with Gasteiger partial charge in [0.05, 0.1) is 13.2 Å². The molecular formula is C25H30F2N2O2. The summed E-state index contributed by atoms with van der Waals surface area (Å²) < 4.78 is 33.8. The lowest BCUT2D eigenvalue weighted by Crippen LogP contribution is -2.54. The van der Waals surface area contributed by atoms with Crippen molar-refractivity contribution in [1.82, 2.24) is 9.80 Å². The van der Waals surface area contributed by atoms with Gasteiger partial charge in [0, 0.05) is 32.7 Å². The minimum Gasteiger partial charge on any atom is -0.379 e. The van der Waals surface area contributed by atoms with Crippen molar-refractivity contribution in [1.29, 1.82) is 0 Å². The highest BCUT2D eigenvalue weighted by Crippen LogP contribution is 2.43. The van der Waals surface area contributed by atoms with E-state index in [9.17, 15) is 13.6 Å². The third-order valence-corrected chi connectivity index (χ3v) is 6.69. The normalized spacial score (nSPS) is 20.4. The van der Waals surface area contributed by atoms with Gasteiger partial charge in [-0.2, -0.15) is 0 Å². The number of rotatable bonds is 6. The second kappa shape index (κ2) is 9.45. The van der Waals surface area contributed by atoms with Crippen molar-refractivity contribution >= 4 is 5.91 Å². The van der Waals surface area contributed by atoms with Crippen molar-refractivity contribution < 1.29 is 18.3 Å². The number of hydrogen-bond acceptors (Lipinski definition) is 3. The van der Waals surface area contributed by atoms with Crippen LogP contribution >= 0.6 is 0 Å². The van der Waals surface area contributed by atoms with Crippen LogP contribution in [-0.4, -0.2) is 61.6 Å². The number of likely N-dealkylation sites (tertiary alicyclic amines) is 1. The van der Waals surface area contributed by atoms with E-state index in [4.69, 9.17) is 4.74 Å². The minimum atomic E-state index is -1.10. The first-order valence-corrected chi connectivity index (χ1v) is 11.1. The van der Waals surface area contributed by atoms with Gasteiger partial charge in [0.1, 0.15) is 17.0 Å². The largest absolute Gasteiger partial charge is 0.379 e. The molecule has 6 heteroatoms. The monoisotopic (exact) mass is 426 g/mol. The Bertz CT molecular complexity index is 893. The molecule has 2 atom stereocenters. The van der Waals surface area contributed by atoms with Gasteiger partial charge in [0.15, 0.2) is 0 Å². The van der Waals surface area contributed by atoms with Gasteiger partial charge in [-0.05, 0) is 54.2 Å². The van der Waals surface area contributed by atoms with Crippen molar-refractivity contribution in [3.05, 3.63) is 71.3 Å². The molecule has 0 spiro atoms. The van der Waals surface area contributed by atoms with Crippen LogP contribution in [0, 0.1) is 17.6 Å². The quantitative estimate of drug-likeness (QED) is 0.704. The molecular weight excluding hydrogens is 396 g/mol. The fourth-order valence-corrected chi connectivity index (χ4v) is 5.12. The van der Waals surface area contributed by atoms with Crippen molar-refractivity contribution in [2.45, 2.75) is 25.2 Å². The zero-order chi connectivity index (χ0) is 21.8. The summed E-state index contributed by atoms with van der Waals surface area (Å²) >= 11 is 0. The molecule has 0 aliphatic carbocycles. The molecule has 1 amide bonds. The van der Waals surface area contributed by atoms with Crippen LogP contribution in [0.15, 0.2) is 48.5 Å². The minimum absolute atomic E-state index is 0.0250. The Labute approximate surface area is 182 Å². The van der Waals surface area contributed by atoms with Gasteiger partial charge >= 0.3 is 0 Å². The number of benzene rings is 2. The Kier molecular flexibility index (Phi) is 6.68. The second-order valence-corrected chi connectivity index (χ2v) is 8.64. The van der Waals surface area contributed by atoms with E-state index in [1.165, 1.54) is 24.3 Å². The molecule has 2 saturated heterocycles. The van der Waals surface area contributed by atoms with E-state index in [1.807, 2.05) is 11.0 Å². The Morgan fingerprint density at radius 1 is 0.968 bits per heavy atom. The summed E-state index contributed by atoms with van der Waals surface area (Å²) in [6.07, 6.45) is 1.93. The Hall–Kier alpha value is -2.31. The smallest absolute Gasteiger partial charge is 0.238 e. The van der Waals surface area contributed by atoms with Crippen LogP contribution in [0.25, 0.3) is 0 Å². The number of carbonyl (C=O) groups excluding carboxylic acids is 1. The molecule has 2 fully saturated rings.